The Morgan fingerprint density at radius 2 is 2.11 bits per heavy atom. The number of carbonyl (C=O) groups is 1. The fraction of sp³-hybridized carbons (Fsp3) is 0.462. The summed E-state index contributed by atoms with van der Waals surface area (Å²) in [4.78, 5) is 22.6. The van der Waals surface area contributed by atoms with Crippen molar-refractivity contribution < 1.29 is 9.72 Å². The van der Waals surface area contributed by atoms with Gasteiger partial charge in [0.25, 0.3) is 11.6 Å². The fourth-order valence-corrected chi connectivity index (χ4v) is 2.93. The average molecular weight is 376 g/mol. The van der Waals surface area contributed by atoms with Crippen LogP contribution < -0.4 is 5.32 Å². The van der Waals surface area contributed by atoms with E-state index in [1.165, 1.54) is 12.1 Å². The van der Waals surface area contributed by atoms with Gasteiger partial charge in [-0.2, -0.15) is 0 Å². The molecule has 1 unspecified atom stereocenters. The highest BCUT2D eigenvalue weighted by Gasteiger charge is 2.21. The lowest BCUT2D eigenvalue weighted by Gasteiger charge is -2.20. The number of hydrogen-bond donors (Lipinski definition) is 1. The first-order valence-corrected chi connectivity index (χ1v) is 7.51. The number of amides is 1. The molecule has 0 aromatic heterocycles. The Kier molecular flexibility index (Phi) is 5.71. The van der Waals surface area contributed by atoms with Gasteiger partial charge in [-0.3, -0.25) is 14.9 Å². The smallest absolute Gasteiger partial charge is 0.273 e. The Morgan fingerprint density at radius 3 is 2.58 bits per heavy atom. The van der Waals surface area contributed by atoms with E-state index in [9.17, 15) is 14.9 Å². The van der Waals surface area contributed by atoms with E-state index in [4.69, 9.17) is 0 Å². The van der Waals surface area contributed by atoms with Gasteiger partial charge in [0.05, 0.1) is 4.92 Å². The Labute approximate surface area is 126 Å². The predicted octanol–water partition coefficient (Wildman–Crippen LogP) is 3.09. The summed E-state index contributed by atoms with van der Waals surface area (Å²) in [6, 6.07) is 4.62. The van der Waals surface area contributed by atoms with Crippen molar-refractivity contribution in [2.75, 3.05) is 4.43 Å². The van der Waals surface area contributed by atoms with Crippen LogP contribution in [0, 0.1) is 23.0 Å². The van der Waals surface area contributed by atoms with Crippen LogP contribution in [0.25, 0.3) is 0 Å². The molecule has 0 bridgehead atoms. The summed E-state index contributed by atoms with van der Waals surface area (Å²) in [5.74, 6) is 0.0661. The van der Waals surface area contributed by atoms with E-state index in [0.29, 0.717) is 17.0 Å². The van der Waals surface area contributed by atoms with Gasteiger partial charge in [-0.05, 0) is 18.9 Å². The Morgan fingerprint density at radius 1 is 1.47 bits per heavy atom. The molecule has 1 N–H and O–H groups in total. The number of nitro benzene ring substituents is 1. The van der Waals surface area contributed by atoms with Gasteiger partial charge in [0.2, 0.25) is 0 Å². The Balaban J connectivity index is 3.00. The summed E-state index contributed by atoms with van der Waals surface area (Å²) >= 11 is 2.22. The van der Waals surface area contributed by atoms with Crippen molar-refractivity contribution in [3.63, 3.8) is 0 Å². The predicted molar refractivity (Wildman–Crippen MR) is 82.8 cm³/mol. The van der Waals surface area contributed by atoms with Gasteiger partial charge in [0.1, 0.15) is 0 Å². The molecular weight excluding hydrogens is 359 g/mol. The van der Waals surface area contributed by atoms with Crippen LogP contribution in [0.4, 0.5) is 5.69 Å². The summed E-state index contributed by atoms with van der Waals surface area (Å²) in [5.41, 5.74) is 0.744. The van der Waals surface area contributed by atoms with E-state index < -0.39 is 4.92 Å². The quantitative estimate of drug-likeness (QED) is 0.372. The standard InChI is InChI=1S/C13H17IN2O3/c1-8(2)11(7-14)15-13(17)10-5-4-6-12(9(10)3)16(18)19/h4-6,8,11H,7H2,1-3H3,(H,15,17). The van der Waals surface area contributed by atoms with Gasteiger partial charge in [-0.1, -0.05) is 42.5 Å². The largest absolute Gasteiger partial charge is 0.348 e. The minimum Gasteiger partial charge on any atom is -0.348 e. The lowest BCUT2D eigenvalue weighted by Crippen LogP contribution is -2.40. The highest BCUT2D eigenvalue weighted by atomic mass is 127. The van der Waals surface area contributed by atoms with Crippen molar-refractivity contribution in [3.05, 3.63) is 39.4 Å². The van der Waals surface area contributed by atoms with Crippen molar-refractivity contribution in [3.8, 4) is 0 Å². The van der Waals surface area contributed by atoms with Gasteiger partial charge in [0.15, 0.2) is 0 Å². The lowest BCUT2D eigenvalue weighted by atomic mass is 10.0. The first-order valence-electron chi connectivity index (χ1n) is 5.99. The van der Waals surface area contributed by atoms with Gasteiger partial charge in [0, 0.05) is 27.7 Å². The van der Waals surface area contributed by atoms with E-state index in [2.05, 4.69) is 27.9 Å². The number of alkyl halides is 1. The third-order valence-corrected chi connectivity index (χ3v) is 3.98. The molecule has 1 aromatic rings. The van der Waals surface area contributed by atoms with Crippen LogP contribution >= 0.6 is 22.6 Å². The fourth-order valence-electron chi connectivity index (χ4n) is 1.70. The monoisotopic (exact) mass is 376 g/mol. The third-order valence-electron chi connectivity index (χ3n) is 3.03. The molecule has 0 spiro atoms. The van der Waals surface area contributed by atoms with E-state index >= 15 is 0 Å². The van der Waals surface area contributed by atoms with E-state index in [1.54, 1.807) is 13.0 Å². The number of nitro groups is 1. The molecule has 0 radical (unpaired) electrons. The second-order valence-electron chi connectivity index (χ2n) is 4.69. The van der Waals surface area contributed by atoms with Crippen LogP contribution in [0.3, 0.4) is 0 Å². The second kappa shape index (κ2) is 6.83. The number of carbonyl (C=O) groups excluding carboxylic acids is 1. The maximum absolute atomic E-state index is 12.2. The van der Waals surface area contributed by atoms with E-state index in [-0.39, 0.29) is 17.6 Å². The van der Waals surface area contributed by atoms with E-state index in [0.717, 1.165) is 4.43 Å². The first kappa shape index (κ1) is 15.9. The van der Waals surface area contributed by atoms with Crippen LogP contribution in [-0.2, 0) is 0 Å². The number of benzene rings is 1. The highest BCUT2D eigenvalue weighted by molar-refractivity contribution is 14.1. The molecule has 0 saturated heterocycles. The lowest BCUT2D eigenvalue weighted by molar-refractivity contribution is -0.385. The van der Waals surface area contributed by atoms with Crippen molar-refractivity contribution >= 4 is 34.2 Å². The highest BCUT2D eigenvalue weighted by Crippen LogP contribution is 2.21. The number of nitrogens with zero attached hydrogens (tertiary/aromatic N) is 1. The van der Waals surface area contributed by atoms with Crippen molar-refractivity contribution in [2.45, 2.75) is 26.8 Å². The number of hydrogen-bond acceptors (Lipinski definition) is 3. The number of rotatable bonds is 5. The normalized spacial score (nSPS) is 12.3. The number of nitrogens with one attached hydrogen (secondary N) is 1. The van der Waals surface area contributed by atoms with Gasteiger partial charge in [-0.15, -0.1) is 0 Å². The average Bonchev–Trinajstić information content (AvgIpc) is 2.35. The molecule has 5 nitrogen and oxygen atoms in total. The van der Waals surface area contributed by atoms with Crippen molar-refractivity contribution in [1.29, 1.82) is 0 Å². The summed E-state index contributed by atoms with van der Waals surface area (Å²) in [5, 5.41) is 13.8. The summed E-state index contributed by atoms with van der Waals surface area (Å²) in [6.07, 6.45) is 0. The molecule has 0 aliphatic rings. The molecule has 6 heteroatoms. The van der Waals surface area contributed by atoms with Crippen LogP contribution in [0.1, 0.15) is 29.8 Å². The summed E-state index contributed by atoms with van der Waals surface area (Å²) in [7, 11) is 0. The van der Waals surface area contributed by atoms with Gasteiger partial charge in [-0.25, -0.2) is 0 Å². The molecule has 1 rings (SSSR count). The SMILES string of the molecule is Cc1c(C(=O)NC(CI)C(C)C)cccc1[N+](=O)[O-]. The maximum atomic E-state index is 12.2. The molecule has 1 aromatic carbocycles. The molecule has 0 aliphatic carbocycles. The Hall–Kier alpha value is -1.18. The third kappa shape index (κ3) is 3.89. The molecule has 1 amide bonds. The zero-order valence-corrected chi connectivity index (χ0v) is 13.3. The summed E-state index contributed by atoms with van der Waals surface area (Å²) in [6.45, 7) is 5.66. The zero-order chi connectivity index (χ0) is 14.6. The van der Waals surface area contributed by atoms with Gasteiger partial charge < -0.3 is 5.32 Å². The van der Waals surface area contributed by atoms with E-state index in [1.807, 2.05) is 13.8 Å². The van der Waals surface area contributed by atoms with Gasteiger partial charge >= 0.3 is 0 Å². The van der Waals surface area contributed by atoms with Crippen LogP contribution in [0.5, 0.6) is 0 Å². The molecule has 1 atom stereocenters. The number of halogens is 1. The summed E-state index contributed by atoms with van der Waals surface area (Å²) < 4.78 is 0.801. The molecular formula is C13H17IN2O3. The Bertz CT molecular complexity index is 489. The van der Waals surface area contributed by atoms with Crippen LogP contribution in [0.15, 0.2) is 18.2 Å². The molecule has 104 valence electrons. The minimum atomic E-state index is -0.468. The van der Waals surface area contributed by atoms with Crippen LogP contribution in [0.2, 0.25) is 0 Å². The zero-order valence-electron chi connectivity index (χ0n) is 11.1. The minimum absolute atomic E-state index is 0.0248. The molecule has 0 aliphatic heterocycles. The molecule has 0 saturated carbocycles. The van der Waals surface area contributed by atoms with Crippen molar-refractivity contribution in [2.24, 2.45) is 5.92 Å². The second-order valence-corrected chi connectivity index (χ2v) is 5.57. The van der Waals surface area contributed by atoms with Crippen molar-refractivity contribution in [1.82, 2.24) is 5.32 Å². The maximum Gasteiger partial charge on any atom is 0.273 e. The molecule has 19 heavy (non-hydrogen) atoms. The van der Waals surface area contributed by atoms with Crippen LogP contribution in [-0.4, -0.2) is 21.3 Å². The molecule has 0 heterocycles. The first-order chi connectivity index (χ1) is 8.88. The molecule has 0 fully saturated rings. The topological polar surface area (TPSA) is 72.2 Å².